The van der Waals surface area contributed by atoms with Crippen LogP contribution in [0.15, 0.2) is 4.79 Å². The summed E-state index contributed by atoms with van der Waals surface area (Å²) in [5.41, 5.74) is 0.986. The van der Waals surface area contributed by atoms with Gasteiger partial charge in [-0.25, -0.2) is 4.98 Å². The lowest BCUT2D eigenvalue weighted by atomic mass is 9.88. The normalized spacial score (nSPS) is 17.6. The number of hydrogen-bond acceptors (Lipinski definition) is 2. The summed E-state index contributed by atoms with van der Waals surface area (Å²) in [5, 5.41) is 0. The van der Waals surface area contributed by atoms with Crippen molar-refractivity contribution in [3.05, 3.63) is 25.4 Å². The van der Waals surface area contributed by atoms with Gasteiger partial charge in [-0.2, -0.15) is 0 Å². The predicted molar refractivity (Wildman–Crippen MR) is 77.5 cm³/mol. The van der Waals surface area contributed by atoms with Crippen LogP contribution >= 0.6 is 22.6 Å². The molecule has 0 amide bonds. The summed E-state index contributed by atoms with van der Waals surface area (Å²) in [7, 11) is 0. The van der Waals surface area contributed by atoms with Gasteiger partial charge < -0.3 is 4.98 Å². The fourth-order valence-corrected chi connectivity index (χ4v) is 3.32. The molecule has 2 rings (SSSR count). The zero-order valence-electron chi connectivity index (χ0n) is 10.4. The molecule has 0 bridgehead atoms. The molecule has 0 saturated heterocycles. The molecule has 0 unspecified atom stereocenters. The number of rotatable bonds is 2. The quantitative estimate of drug-likeness (QED) is 0.833. The Balaban J connectivity index is 2.37. The Labute approximate surface area is 116 Å². The van der Waals surface area contributed by atoms with Crippen molar-refractivity contribution in [3.8, 4) is 0 Å². The molecule has 1 heterocycles. The van der Waals surface area contributed by atoms with Crippen molar-refractivity contribution >= 4 is 22.6 Å². The van der Waals surface area contributed by atoms with Gasteiger partial charge in [0, 0.05) is 5.92 Å². The Morgan fingerprint density at radius 1 is 1.29 bits per heavy atom. The van der Waals surface area contributed by atoms with Crippen LogP contribution in [0.2, 0.25) is 0 Å². The van der Waals surface area contributed by atoms with E-state index < -0.39 is 0 Å². The second-order valence-electron chi connectivity index (χ2n) is 5.14. The topological polar surface area (TPSA) is 45.8 Å². The van der Waals surface area contributed by atoms with Crippen LogP contribution in [0.25, 0.3) is 0 Å². The Kier molecular flexibility index (Phi) is 4.22. The van der Waals surface area contributed by atoms with Crippen LogP contribution in [0.5, 0.6) is 0 Å². The van der Waals surface area contributed by atoms with Gasteiger partial charge in [0.25, 0.3) is 5.56 Å². The molecule has 1 N–H and O–H groups in total. The molecule has 3 nitrogen and oxygen atoms in total. The third kappa shape index (κ3) is 2.89. The molecular formula is C13H19IN2O. The lowest BCUT2D eigenvalue weighted by Gasteiger charge is -2.21. The Bertz CT molecular complexity index is 447. The molecule has 1 aliphatic rings. The van der Waals surface area contributed by atoms with Crippen molar-refractivity contribution in [1.29, 1.82) is 0 Å². The summed E-state index contributed by atoms with van der Waals surface area (Å²) < 4.78 is 0.747. The van der Waals surface area contributed by atoms with Gasteiger partial charge in [-0.3, -0.25) is 4.79 Å². The summed E-state index contributed by atoms with van der Waals surface area (Å²) >= 11 is 2.10. The Morgan fingerprint density at radius 3 is 2.53 bits per heavy atom. The van der Waals surface area contributed by atoms with Crippen LogP contribution in [-0.2, 0) is 0 Å². The second kappa shape index (κ2) is 5.50. The summed E-state index contributed by atoms with van der Waals surface area (Å²) in [4.78, 5) is 19.6. The summed E-state index contributed by atoms with van der Waals surface area (Å²) in [6.07, 6.45) is 6.18. The van der Waals surface area contributed by atoms with E-state index in [4.69, 9.17) is 4.98 Å². The number of halogens is 1. The molecule has 1 fully saturated rings. The number of H-pyrrole nitrogens is 1. The third-order valence-corrected chi connectivity index (χ3v) is 4.49. The SMILES string of the molecule is CC(C)c1nc(C2CCCCC2)[nH]c(=O)c1I. The van der Waals surface area contributed by atoms with Crippen molar-refractivity contribution in [1.82, 2.24) is 9.97 Å². The fraction of sp³-hybridized carbons (Fsp3) is 0.692. The smallest absolute Gasteiger partial charge is 0.264 e. The van der Waals surface area contributed by atoms with E-state index in [2.05, 4.69) is 41.4 Å². The zero-order valence-corrected chi connectivity index (χ0v) is 12.6. The number of aromatic amines is 1. The summed E-state index contributed by atoms with van der Waals surface area (Å²) in [5.74, 6) is 1.69. The van der Waals surface area contributed by atoms with Crippen molar-refractivity contribution in [2.24, 2.45) is 0 Å². The fourth-order valence-electron chi connectivity index (χ4n) is 2.45. The number of nitrogens with zero attached hydrogens (tertiary/aromatic N) is 1. The van der Waals surface area contributed by atoms with E-state index in [9.17, 15) is 4.79 Å². The average molecular weight is 346 g/mol. The molecule has 4 heteroatoms. The minimum Gasteiger partial charge on any atom is -0.309 e. The molecule has 1 saturated carbocycles. The van der Waals surface area contributed by atoms with Crippen molar-refractivity contribution in [3.63, 3.8) is 0 Å². The van der Waals surface area contributed by atoms with Crippen LogP contribution in [0, 0.1) is 3.57 Å². The minimum absolute atomic E-state index is 0.0323. The maximum atomic E-state index is 11.9. The largest absolute Gasteiger partial charge is 0.309 e. The molecule has 0 radical (unpaired) electrons. The van der Waals surface area contributed by atoms with E-state index in [0.717, 1.165) is 15.1 Å². The molecule has 94 valence electrons. The molecule has 17 heavy (non-hydrogen) atoms. The van der Waals surface area contributed by atoms with Gasteiger partial charge in [0.2, 0.25) is 0 Å². The lowest BCUT2D eigenvalue weighted by molar-refractivity contribution is 0.426. The van der Waals surface area contributed by atoms with Gasteiger partial charge in [-0.15, -0.1) is 0 Å². The average Bonchev–Trinajstić information content (AvgIpc) is 2.33. The molecular weight excluding hydrogens is 327 g/mol. The van der Waals surface area contributed by atoms with E-state index in [1.54, 1.807) is 0 Å². The van der Waals surface area contributed by atoms with E-state index in [1.165, 1.54) is 32.1 Å². The first-order valence-corrected chi connectivity index (χ1v) is 7.47. The van der Waals surface area contributed by atoms with Gasteiger partial charge in [-0.1, -0.05) is 33.1 Å². The maximum Gasteiger partial charge on any atom is 0.264 e. The van der Waals surface area contributed by atoms with Crippen molar-refractivity contribution in [2.75, 3.05) is 0 Å². The first-order chi connectivity index (χ1) is 8.09. The minimum atomic E-state index is 0.0323. The highest BCUT2D eigenvalue weighted by molar-refractivity contribution is 14.1. The molecule has 1 aliphatic carbocycles. The molecule has 1 aromatic rings. The van der Waals surface area contributed by atoms with E-state index in [1.807, 2.05) is 0 Å². The maximum absolute atomic E-state index is 11.9. The van der Waals surface area contributed by atoms with E-state index in [0.29, 0.717) is 11.8 Å². The monoisotopic (exact) mass is 346 g/mol. The zero-order chi connectivity index (χ0) is 12.4. The highest BCUT2D eigenvalue weighted by atomic mass is 127. The van der Waals surface area contributed by atoms with Gasteiger partial charge in [0.1, 0.15) is 5.82 Å². The van der Waals surface area contributed by atoms with Crippen LogP contribution in [0.4, 0.5) is 0 Å². The van der Waals surface area contributed by atoms with Crippen LogP contribution < -0.4 is 5.56 Å². The highest BCUT2D eigenvalue weighted by Gasteiger charge is 2.20. The van der Waals surface area contributed by atoms with E-state index in [-0.39, 0.29) is 5.56 Å². The second-order valence-corrected chi connectivity index (χ2v) is 6.22. The molecule has 0 spiro atoms. The Morgan fingerprint density at radius 2 is 1.94 bits per heavy atom. The van der Waals surface area contributed by atoms with Crippen molar-refractivity contribution < 1.29 is 0 Å². The van der Waals surface area contributed by atoms with Gasteiger partial charge in [-0.05, 0) is 41.4 Å². The first kappa shape index (κ1) is 13.1. The number of nitrogens with one attached hydrogen (secondary N) is 1. The standard InChI is InChI=1S/C13H19IN2O/c1-8(2)11-10(14)13(17)16-12(15-11)9-6-4-3-5-7-9/h8-9H,3-7H2,1-2H3,(H,15,16,17). The molecule has 0 aliphatic heterocycles. The first-order valence-electron chi connectivity index (χ1n) is 6.39. The molecule has 0 atom stereocenters. The van der Waals surface area contributed by atoms with Crippen LogP contribution in [0.3, 0.4) is 0 Å². The molecule has 1 aromatic heterocycles. The molecule has 0 aromatic carbocycles. The predicted octanol–water partition coefficient (Wildman–Crippen LogP) is 3.55. The number of hydrogen-bond donors (Lipinski definition) is 1. The summed E-state index contributed by atoms with van der Waals surface area (Å²) in [6, 6.07) is 0. The van der Waals surface area contributed by atoms with Crippen molar-refractivity contribution in [2.45, 2.75) is 57.8 Å². The van der Waals surface area contributed by atoms with Crippen LogP contribution in [-0.4, -0.2) is 9.97 Å². The summed E-state index contributed by atoms with van der Waals surface area (Å²) in [6.45, 7) is 4.18. The lowest BCUT2D eigenvalue weighted by Crippen LogP contribution is -2.21. The Hall–Kier alpha value is -0.390. The third-order valence-electron chi connectivity index (χ3n) is 3.45. The van der Waals surface area contributed by atoms with Gasteiger partial charge in [0.15, 0.2) is 0 Å². The van der Waals surface area contributed by atoms with Gasteiger partial charge >= 0.3 is 0 Å². The van der Waals surface area contributed by atoms with E-state index >= 15 is 0 Å². The highest BCUT2D eigenvalue weighted by Crippen LogP contribution is 2.31. The van der Waals surface area contributed by atoms with Gasteiger partial charge in [0.05, 0.1) is 9.26 Å². The number of aromatic nitrogens is 2. The van der Waals surface area contributed by atoms with Crippen LogP contribution in [0.1, 0.15) is 69.3 Å².